The van der Waals surface area contributed by atoms with E-state index in [-0.39, 0.29) is 4.87 Å². The molecule has 1 amide bonds. The molecule has 0 bridgehead atoms. The number of primary amides is 1. The number of hydrogen-bond acceptors (Lipinski definition) is 1. The van der Waals surface area contributed by atoms with Crippen LogP contribution in [0.2, 0.25) is 0 Å². The third-order valence-corrected chi connectivity index (χ3v) is 0. The van der Waals surface area contributed by atoms with Crippen LogP contribution in [-0.4, -0.2) is 16.1 Å². The molecule has 0 unspecified atom stereocenters. The van der Waals surface area contributed by atoms with Gasteiger partial charge in [-0.2, -0.15) is 0 Å². The molecule has 0 aromatic heterocycles. The van der Waals surface area contributed by atoms with Crippen LogP contribution in [0.5, 0.6) is 0 Å². The van der Waals surface area contributed by atoms with Gasteiger partial charge in [-0.1, -0.05) is 0 Å². The van der Waals surface area contributed by atoms with Crippen LogP contribution in [0, 0.1) is 0 Å². The van der Waals surface area contributed by atoms with E-state index >= 15 is 0 Å². The summed E-state index contributed by atoms with van der Waals surface area (Å²) in [7, 11) is 0. The van der Waals surface area contributed by atoms with Crippen LogP contribution in [0.25, 0.3) is 0 Å². The number of hydrogen-bond donors (Lipinski definition) is 2. The molecule has 0 heterocycles. The highest BCUT2D eigenvalue weighted by molar-refractivity contribution is 6.23. The maximum Gasteiger partial charge on any atom is 0.402 e. The van der Waals surface area contributed by atoms with Crippen LogP contribution in [-0.2, 0) is 0 Å². The van der Waals surface area contributed by atoms with Gasteiger partial charge < -0.3 is 10.8 Å². The molecule has 9 heavy (non-hydrogen) atoms. The van der Waals surface area contributed by atoms with E-state index in [1.807, 2.05) is 20.8 Å². The molecule has 0 saturated carbocycles. The van der Waals surface area contributed by atoms with E-state index in [4.69, 9.17) is 21.5 Å². The molecule has 3 N–H and O–H groups in total. The molecular weight excluding hydrogens is 142 g/mol. The van der Waals surface area contributed by atoms with Crippen LogP contribution >= 0.6 is 11.6 Å². The first-order valence-electron chi connectivity index (χ1n) is 2.41. The molecule has 3 nitrogen and oxygen atoms in total. The van der Waals surface area contributed by atoms with Gasteiger partial charge in [-0.15, -0.1) is 11.6 Å². The highest BCUT2D eigenvalue weighted by Crippen LogP contribution is 2.07. The van der Waals surface area contributed by atoms with E-state index in [2.05, 4.69) is 5.73 Å². The number of amides is 1. The van der Waals surface area contributed by atoms with Crippen molar-refractivity contribution < 1.29 is 9.90 Å². The number of alkyl halides is 1. The van der Waals surface area contributed by atoms with Crippen molar-refractivity contribution in [3.63, 3.8) is 0 Å². The van der Waals surface area contributed by atoms with E-state index in [1.165, 1.54) is 0 Å². The molecule has 0 radical (unpaired) electrons. The molecule has 0 aromatic rings. The van der Waals surface area contributed by atoms with Crippen LogP contribution in [0.4, 0.5) is 4.79 Å². The molecule has 0 rings (SSSR count). The summed E-state index contributed by atoms with van der Waals surface area (Å²) in [6.07, 6.45) is -1.33. The summed E-state index contributed by atoms with van der Waals surface area (Å²) in [5, 5.41) is 7.19. The van der Waals surface area contributed by atoms with Crippen molar-refractivity contribution in [2.45, 2.75) is 25.6 Å². The zero-order chi connectivity index (χ0) is 8.08. The molecular formula is C5H12ClNO2. The Kier molecular flexibility index (Phi) is 5.61. The van der Waals surface area contributed by atoms with Crippen LogP contribution < -0.4 is 5.73 Å². The first kappa shape index (κ1) is 11.4. The van der Waals surface area contributed by atoms with Crippen molar-refractivity contribution >= 4 is 17.7 Å². The normalized spacial score (nSPS) is 9.33. The third kappa shape index (κ3) is 1210. The van der Waals surface area contributed by atoms with E-state index < -0.39 is 6.09 Å². The van der Waals surface area contributed by atoms with Crippen molar-refractivity contribution in [2.24, 2.45) is 5.73 Å². The van der Waals surface area contributed by atoms with Crippen LogP contribution in [0.3, 0.4) is 0 Å². The summed E-state index contributed by atoms with van der Waals surface area (Å²) < 4.78 is 0. The van der Waals surface area contributed by atoms with E-state index in [0.29, 0.717) is 0 Å². The number of nitrogens with two attached hydrogens (primary N) is 1. The highest BCUT2D eigenvalue weighted by Gasteiger charge is 1.99. The predicted octanol–water partition coefficient (Wildman–Crippen LogP) is 1.65. The van der Waals surface area contributed by atoms with Crippen molar-refractivity contribution in [2.75, 3.05) is 0 Å². The van der Waals surface area contributed by atoms with Gasteiger partial charge in [0.15, 0.2) is 0 Å². The largest absolute Gasteiger partial charge is 0.465 e. The average Bonchev–Trinajstić information content (AvgIpc) is 1.19. The lowest BCUT2D eigenvalue weighted by molar-refractivity contribution is 0.205. The van der Waals surface area contributed by atoms with E-state index in [9.17, 15) is 0 Å². The summed E-state index contributed by atoms with van der Waals surface area (Å²) in [6, 6.07) is 0. The summed E-state index contributed by atoms with van der Waals surface area (Å²) in [6.45, 7) is 5.86. The van der Waals surface area contributed by atoms with Crippen molar-refractivity contribution in [3.8, 4) is 0 Å². The standard InChI is InChI=1S/C4H9Cl.CH3NO2/c1-4(2,3)5;2-1(3)4/h1-3H3;2H2,(H,3,4). The van der Waals surface area contributed by atoms with Crippen molar-refractivity contribution in [3.05, 3.63) is 0 Å². The monoisotopic (exact) mass is 153 g/mol. The molecule has 4 heteroatoms. The van der Waals surface area contributed by atoms with E-state index in [1.54, 1.807) is 0 Å². The Bertz CT molecular complexity index is 77.4. The molecule has 0 spiro atoms. The van der Waals surface area contributed by atoms with Gasteiger partial charge in [0.05, 0.1) is 0 Å². The Morgan fingerprint density at radius 2 is 1.56 bits per heavy atom. The third-order valence-electron chi connectivity index (χ3n) is 0. The second-order valence-corrected chi connectivity index (χ2v) is 3.54. The van der Waals surface area contributed by atoms with Gasteiger partial charge in [-0.3, -0.25) is 0 Å². The number of rotatable bonds is 0. The molecule has 0 fully saturated rings. The van der Waals surface area contributed by atoms with Crippen LogP contribution in [0.1, 0.15) is 20.8 Å². The van der Waals surface area contributed by atoms with E-state index in [0.717, 1.165) is 0 Å². The van der Waals surface area contributed by atoms with Crippen molar-refractivity contribution in [1.29, 1.82) is 0 Å². The summed E-state index contributed by atoms with van der Waals surface area (Å²) in [5.41, 5.74) is 4.03. The zero-order valence-corrected chi connectivity index (χ0v) is 6.57. The van der Waals surface area contributed by atoms with Crippen LogP contribution in [0.15, 0.2) is 0 Å². The lowest BCUT2D eigenvalue weighted by atomic mass is 10.3. The van der Waals surface area contributed by atoms with Gasteiger partial charge >= 0.3 is 6.09 Å². The molecule has 0 aromatic carbocycles. The Balaban J connectivity index is 0. The van der Waals surface area contributed by atoms with Gasteiger partial charge in [0.1, 0.15) is 0 Å². The minimum Gasteiger partial charge on any atom is -0.465 e. The lowest BCUT2D eigenvalue weighted by Crippen LogP contribution is -2.03. The lowest BCUT2D eigenvalue weighted by Gasteiger charge is -2.01. The average molecular weight is 154 g/mol. The predicted molar refractivity (Wildman–Crippen MR) is 37.8 cm³/mol. The molecule has 0 saturated heterocycles. The SMILES string of the molecule is CC(C)(C)Cl.NC(=O)O. The van der Waals surface area contributed by atoms with Gasteiger partial charge in [0.2, 0.25) is 0 Å². The highest BCUT2D eigenvalue weighted by atomic mass is 35.5. The second-order valence-electron chi connectivity index (χ2n) is 2.41. The minimum absolute atomic E-state index is 0.0278. The maximum atomic E-state index is 8.78. The first-order chi connectivity index (χ1) is 3.73. The van der Waals surface area contributed by atoms with Gasteiger partial charge in [-0.05, 0) is 20.8 Å². The summed E-state index contributed by atoms with van der Waals surface area (Å²) in [5.74, 6) is 0. The zero-order valence-electron chi connectivity index (χ0n) is 5.81. The van der Waals surface area contributed by atoms with Gasteiger partial charge in [-0.25, -0.2) is 4.79 Å². The first-order valence-corrected chi connectivity index (χ1v) is 2.78. The topological polar surface area (TPSA) is 63.3 Å². The summed E-state index contributed by atoms with van der Waals surface area (Å²) >= 11 is 5.53. The molecule has 56 valence electrons. The second kappa shape index (κ2) is 4.44. The fourth-order valence-electron chi connectivity index (χ4n) is 0. The molecule has 0 aliphatic heterocycles. The fraction of sp³-hybridized carbons (Fsp3) is 0.800. The quantitative estimate of drug-likeness (QED) is 0.520. The number of carboxylic acid groups (broad SMARTS) is 1. The Labute approximate surface area is 59.8 Å². The molecule has 0 atom stereocenters. The molecule has 0 aliphatic carbocycles. The Morgan fingerprint density at radius 3 is 1.56 bits per heavy atom. The minimum atomic E-state index is -1.33. The fourth-order valence-corrected chi connectivity index (χ4v) is 0. The van der Waals surface area contributed by atoms with Crippen molar-refractivity contribution in [1.82, 2.24) is 0 Å². The number of carbonyl (C=O) groups is 1. The van der Waals surface area contributed by atoms with Gasteiger partial charge in [0, 0.05) is 4.87 Å². The smallest absolute Gasteiger partial charge is 0.402 e. The maximum absolute atomic E-state index is 8.78. The van der Waals surface area contributed by atoms with Gasteiger partial charge in [0.25, 0.3) is 0 Å². The number of halogens is 1. The Hall–Kier alpha value is -0.440. The summed E-state index contributed by atoms with van der Waals surface area (Å²) in [4.78, 5) is 8.75. The Morgan fingerprint density at radius 1 is 1.56 bits per heavy atom. The molecule has 0 aliphatic rings.